The fraction of sp³-hybridized carbons (Fsp3) is 0.333. The van der Waals surface area contributed by atoms with E-state index in [1.54, 1.807) is 0 Å². The molecule has 0 aromatic carbocycles. The molecule has 0 aliphatic carbocycles. The summed E-state index contributed by atoms with van der Waals surface area (Å²) >= 11 is 5.48. The third kappa shape index (κ3) is 3.16. The van der Waals surface area contributed by atoms with Gasteiger partial charge in [-0.3, -0.25) is 0 Å². The number of hydrogen-bond acceptors (Lipinski definition) is 4. The van der Waals surface area contributed by atoms with Crippen LogP contribution in [0.15, 0.2) is 6.20 Å². The highest BCUT2D eigenvalue weighted by atomic mass is 35.5. The predicted molar refractivity (Wildman–Crippen MR) is 54.0 cm³/mol. The van der Waals surface area contributed by atoms with Gasteiger partial charge in [0.05, 0.1) is 19.2 Å². The van der Waals surface area contributed by atoms with Gasteiger partial charge in [0.15, 0.2) is 17.2 Å². The first kappa shape index (κ1) is 14.4. The van der Waals surface area contributed by atoms with Crippen molar-refractivity contribution in [3.63, 3.8) is 0 Å². The van der Waals surface area contributed by atoms with Gasteiger partial charge in [-0.15, -0.1) is 24.8 Å². The van der Waals surface area contributed by atoms with Gasteiger partial charge in [-0.05, 0) is 0 Å². The average molecular weight is 286 g/mol. The van der Waals surface area contributed by atoms with Gasteiger partial charge in [-0.1, -0.05) is 0 Å². The molecule has 1 heterocycles. The Bertz CT molecular complexity index is 464. The Morgan fingerprint density at radius 1 is 1.56 bits per heavy atom. The van der Waals surface area contributed by atoms with E-state index in [2.05, 4.69) is 9.72 Å². The number of hydrogen-bond donors (Lipinski definition) is 1. The summed E-state index contributed by atoms with van der Waals surface area (Å²) in [5.41, 5.74) is -0.676. The maximum atomic E-state index is 12.1. The Hall–Kier alpha value is -1.70. The van der Waals surface area contributed by atoms with Crippen LogP contribution in [0, 0.1) is 0 Å². The number of methoxy groups -OCH3 is 1. The van der Waals surface area contributed by atoms with Crippen LogP contribution < -0.4 is 9.47 Å². The van der Waals surface area contributed by atoms with Gasteiger partial charge in [-0.2, -0.15) is 0 Å². The Balaban J connectivity index is 3.34. The first-order valence-electron chi connectivity index (χ1n) is 4.41. The molecule has 0 amide bonds. The number of rotatable bonds is 4. The largest absolute Gasteiger partial charge is 0.573 e. The molecule has 18 heavy (non-hydrogen) atoms. The highest BCUT2D eigenvalue weighted by Gasteiger charge is 2.34. The molecule has 1 rings (SSSR count). The molecule has 1 aromatic rings. The van der Waals surface area contributed by atoms with Gasteiger partial charge in [0, 0.05) is 5.56 Å². The minimum absolute atomic E-state index is 0.187. The molecule has 0 fully saturated rings. The maximum Gasteiger partial charge on any atom is 0.573 e. The molecule has 0 aliphatic heterocycles. The fourth-order valence-electron chi connectivity index (χ4n) is 1.25. The third-order valence-corrected chi connectivity index (χ3v) is 2.13. The van der Waals surface area contributed by atoms with Gasteiger partial charge in [0.2, 0.25) is 0 Å². The van der Waals surface area contributed by atoms with E-state index in [1.807, 2.05) is 0 Å². The molecule has 0 spiro atoms. The van der Waals surface area contributed by atoms with Crippen molar-refractivity contribution < 1.29 is 32.5 Å². The van der Waals surface area contributed by atoms with Gasteiger partial charge in [-0.25, -0.2) is 9.78 Å². The summed E-state index contributed by atoms with van der Waals surface area (Å²) in [6.07, 6.45) is -4.32. The summed E-state index contributed by atoms with van der Waals surface area (Å²) in [4.78, 5) is 14.2. The standard InChI is InChI=1S/C9H7ClF3NO4/c1-17-7-4(2-10)6(8(15)16)14-3-5(7)18-9(11,12)13/h3H,2H2,1H3,(H,15,16). The van der Waals surface area contributed by atoms with Crippen LogP contribution in [0.3, 0.4) is 0 Å². The molecule has 0 atom stereocenters. The lowest BCUT2D eigenvalue weighted by molar-refractivity contribution is -0.275. The molecule has 0 saturated carbocycles. The molecule has 100 valence electrons. The Morgan fingerprint density at radius 2 is 2.17 bits per heavy atom. The van der Waals surface area contributed by atoms with Crippen LogP contribution >= 0.6 is 11.6 Å². The Morgan fingerprint density at radius 3 is 2.56 bits per heavy atom. The van der Waals surface area contributed by atoms with Crippen LogP contribution in [-0.2, 0) is 5.88 Å². The predicted octanol–water partition coefficient (Wildman–Crippen LogP) is 2.43. The van der Waals surface area contributed by atoms with Crippen molar-refractivity contribution in [3.05, 3.63) is 17.5 Å². The normalized spacial score (nSPS) is 11.2. The highest BCUT2D eigenvalue weighted by Crippen LogP contribution is 2.36. The zero-order valence-corrected chi connectivity index (χ0v) is 9.67. The molecule has 0 unspecified atom stereocenters. The van der Waals surface area contributed by atoms with Crippen LogP contribution in [0.4, 0.5) is 13.2 Å². The second kappa shape index (κ2) is 5.30. The summed E-state index contributed by atoms with van der Waals surface area (Å²) in [7, 11) is 1.07. The molecule has 1 aromatic heterocycles. The number of aromatic nitrogens is 1. The number of carbonyl (C=O) groups is 1. The quantitative estimate of drug-likeness (QED) is 0.861. The number of ether oxygens (including phenoxy) is 2. The van der Waals surface area contributed by atoms with Gasteiger partial charge < -0.3 is 14.6 Å². The van der Waals surface area contributed by atoms with Gasteiger partial charge in [0.1, 0.15) is 0 Å². The number of alkyl halides is 4. The van der Waals surface area contributed by atoms with E-state index in [9.17, 15) is 18.0 Å². The number of nitrogens with zero attached hydrogens (tertiary/aromatic N) is 1. The molecule has 0 radical (unpaired) electrons. The fourth-order valence-corrected chi connectivity index (χ4v) is 1.49. The molecule has 5 nitrogen and oxygen atoms in total. The van der Waals surface area contributed by atoms with E-state index < -0.39 is 29.5 Å². The second-order valence-corrected chi connectivity index (χ2v) is 3.24. The zero-order chi connectivity index (χ0) is 13.9. The average Bonchev–Trinajstić information content (AvgIpc) is 2.25. The van der Waals surface area contributed by atoms with E-state index in [-0.39, 0.29) is 11.4 Å². The number of halogens is 4. The van der Waals surface area contributed by atoms with Gasteiger partial charge >= 0.3 is 12.3 Å². The number of aromatic carboxylic acids is 1. The molecule has 9 heteroatoms. The van der Waals surface area contributed by atoms with Crippen LogP contribution in [0.25, 0.3) is 0 Å². The lowest BCUT2D eigenvalue weighted by atomic mass is 10.2. The lowest BCUT2D eigenvalue weighted by Crippen LogP contribution is -2.19. The van der Waals surface area contributed by atoms with Crippen molar-refractivity contribution in [1.82, 2.24) is 4.98 Å². The van der Waals surface area contributed by atoms with Crippen LogP contribution in [0.1, 0.15) is 16.1 Å². The molecule has 0 aliphatic rings. The summed E-state index contributed by atoms with van der Waals surface area (Å²) in [6.45, 7) is 0. The molecular formula is C9H7ClF3NO4. The lowest BCUT2D eigenvalue weighted by Gasteiger charge is -2.15. The van der Waals surface area contributed by atoms with Crippen molar-refractivity contribution in [3.8, 4) is 11.5 Å². The number of carboxylic acids is 1. The Labute approximate surface area is 104 Å². The van der Waals surface area contributed by atoms with E-state index in [4.69, 9.17) is 21.4 Å². The highest BCUT2D eigenvalue weighted by molar-refractivity contribution is 6.17. The number of pyridine rings is 1. The maximum absolute atomic E-state index is 12.1. The zero-order valence-electron chi connectivity index (χ0n) is 8.92. The van der Waals surface area contributed by atoms with E-state index in [0.717, 1.165) is 7.11 Å². The monoisotopic (exact) mass is 285 g/mol. The van der Waals surface area contributed by atoms with Crippen molar-refractivity contribution in [2.24, 2.45) is 0 Å². The van der Waals surface area contributed by atoms with Crippen LogP contribution in [0.5, 0.6) is 11.5 Å². The summed E-state index contributed by atoms with van der Waals surface area (Å²) < 4.78 is 44.6. The minimum atomic E-state index is -4.94. The molecule has 0 bridgehead atoms. The van der Waals surface area contributed by atoms with Crippen LogP contribution in [-0.4, -0.2) is 29.5 Å². The van der Waals surface area contributed by atoms with Crippen molar-refractivity contribution >= 4 is 17.6 Å². The van der Waals surface area contributed by atoms with E-state index in [1.165, 1.54) is 0 Å². The topological polar surface area (TPSA) is 68.7 Å². The Kier molecular flexibility index (Phi) is 4.23. The van der Waals surface area contributed by atoms with Crippen LogP contribution in [0.2, 0.25) is 0 Å². The molecule has 1 N–H and O–H groups in total. The summed E-state index contributed by atoms with van der Waals surface area (Å²) in [5.74, 6) is -2.96. The summed E-state index contributed by atoms with van der Waals surface area (Å²) in [6, 6.07) is 0. The third-order valence-electron chi connectivity index (χ3n) is 1.86. The smallest absolute Gasteiger partial charge is 0.492 e. The number of carboxylic acid groups (broad SMARTS) is 1. The first-order chi connectivity index (χ1) is 8.30. The van der Waals surface area contributed by atoms with E-state index >= 15 is 0 Å². The summed E-state index contributed by atoms with van der Waals surface area (Å²) in [5, 5.41) is 8.80. The van der Waals surface area contributed by atoms with Gasteiger partial charge in [0.25, 0.3) is 0 Å². The van der Waals surface area contributed by atoms with Crippen molar-refractivity contribution in [2.45, 2.75) is 12.2 Å². The SMILES string of the molecule is COc1c(OC(F)(F)F)cnc(C(=O)O)c1CCl. The van der Waals surface area contributed by atoms with E-state index in [0.29, 0.717) is 6.20 Å². The minimum Gasteiger partial charge on any atom is -0.492 e. The second-order valence-electron chi connectivity index (χ2n) is 2.97. The van der Waals surface area contributed by atoms with Crippen molar-refractivity contribution in [1.29, 1.82) is 0 Å². The molecule has 0 saturated heterocycles. The van der Waals surface area contributed by atoms with Crippen molar-refractivity contribution in [2.75, 3.05) is 7.11 Å². The first-order valence-corrected chi connectivity index (χ1v) is 4.94. The molecular weight excluding hydrogens is 279 g/mol.